The SMILES string of the molecule is CCN(CCP(c1ccccc1)c1ccccc1)CCP(c1ccccc1)c1ccccc1. The minimum Gasteiger partial charge on any atom is -0.303 e. The minimum atomic E-state index is -0.339. The topological polar surface area (TPSA) is 3.24 Å². The zero-order valence-electron chi connectivity index (χ0n) is 19.4. The van der Waals surface area contributed by atoms with Gasteiger partial charge in [0.1, 0.15) is 0 Å². The second-order valence-corrected chi connectivity index (χ2v) is 12.8. The number of nitrogens with zero attached hydrogens (tertiary/aromatic N) is 1. The van der Waals surface area contributed by atoms with Crippen LogP contribution in [-0.2, 0) is 0 Å². The van der Waals surface area contributed by atoms with Gasteiger partial charge in [-0.3, -0.25) is 0 Å². The van der Waals surface area contributed by atoms with Crippen molar-refractivity contribution in [1.82, 2.24) is 4.90 Å². The summed E-state index contributed by atoms with van der Waals surface area (Å²) in [5, 5.41) is 5.91. The molecule has 0 aliphatic heterocycles. The molecule has 0 aliphatic rings. The molecule has 0 N–H and O–H groups in total. The van der Waals surface area contributed by atoms with Gasteiger partial charge >= 0.3 is 0 Å². The van der Waals surface area contributed by atoms with Crippen molar-refractivity contribution >= 4 is 37.1 Å². The van der Waals surface area contributed by atoms with Crippen LogP contribution in [0.1, 0.15) is 6.92 Å². The number of benzene rings is 4. The Bertz CT molecular complexity index is 889. The Morgan fingerprint density at radius 2 is 0.727 bits per heavy atom. The van der Waals surface area contributed by atoms with Crippen LogP contribution in [0.4, 0.5) is 0 Å². The molecule has 0 saturated heterocycles. The van der Waals surface area contributed by atoms with Gasteiger partial charge in [0.25, 0.3) is 0 Å². The van der Waals surface area contributed by atoms with E-state index in [0.29, 0.717) is 0 Å². The molecular formula is C30H33NP2. The fourth-order valence-corrected chi connectivity index (χ4v) is 8.88. The molecule has 0 unspecified atom stereocenters. The first-order valence-corrected chi connectivity index (χ1v) is 14.9. The highest BCUT2D eigenvalue weighted by molar-refractivity contribution is 7.73. The van der Waals surface area contributed by atoms with E-state index in [1.165, 1.54) is 33.5 Å². The molecule has 0 fully saturated rings. The molecule has 0 heterocycles. The van der Waals surface area contributed by atoms with Crippen LogP contribution < -0.4 is 21.2 Å². The summed E-state index contributed by atoms with van der Waals surface area (Å²) in [6.45, 7) is 5.68. The zero-order chi connectivity index (χ0) is 22.7. The molecule has 0 atom stereocenters. The van der Waals surface area contributed by atoms with Gasteiger partial charge in [0, 0.05) is 13.1 Å². The van der Waals surface area contributed by atoms with E-state index in [1.807, 2.05) is 0 Å². The largest absolute Gasteiger partial charge is 0.303 e. The summed E-state index contributed by atoms with van der Waals surface area (Å²) < 4.78 is 0. The van der Waals surface area contributed by atoms with E-state index in [2.05, 4.69) is 133 Å². The molecule has 4 aromatic rings. The van der Waals surface area contributed by atoms with Crippen molar-refractivity contribution in [2.24, 2.45) is 0 Å². The molecule has 0 amide bonds. The molecule has 0 saturated carbocycles. The quantitative estimate of drug-likeness (QED) is 0.260. The van der Waals surface area contributed by atoms with Crippen LogP contribution in [0.2, 0.25) is 0 Å². The third-order valence-electron chi connectivity index (χ3n) is 6.00. The van der Waals surface area contributed by atoms with Crippen LogP contribution in [-0.4, -0.2) is 36.9 Å². The van der Waals surface area contributed by atoms with Gasteiger partial charge in [0.15, 0.2) is 0 Å². The van der Waals surface area contributed by atoms with Gasteiger partial charge in [0.2, 0.25) is 0 Å². The highest BCUT2D eigenvalue weighted by atomic mass is 31.1. The molecule has 1 nitrogen and oxygen atoms in total. The summed E-state index contributed by atoms with van der Waals surface area (Å²) in [6, 6.07) is 44.3. The van der Waals surface area contributed by atoms with E-state index in [0.717, 1.165) is 19.6 Å². The van der Waals surface area contributed by atoms with Crippen LogP contribution >= 0.6 is 15.8 Å². The lowest BCUT2D eigenvalue weighted by Gasteiger charge is -2.27. The zero-order valence-corrected chi connectivity index (χ0v) is 21.2. The molecule has 33 heavy (non-hydrogen) atoms. The second-order valence-electron chi connectivity index (χ2n) is 8.08. The van der Waals surface area contributed by atoms with Crippen LogP contribution in [0.3, 0.4) is 0 Å². The Labute approximate surface area is 202 Å². The smallest absolute Gasteiger partial charge is 0.00267 e. The maximum atomic E-state index is 2.66. The van der Waals surface area contributed by atoms with Gasteiger partial charge in [-0.2, -0.15) is 0 Å². The lowest BCUT2D eigenvalue weighted by Crippen LogP contribution is -2.32. The molecule has 4 aromatic carbocycles. The Kier molecular flexibility index (Phi) is 9.26. The van der Waals surface area contributed by atoms with E-state index in [-0.39, 0.29) is 15.8 Å². The molecule has 0 spiro atoms. The highest BCUT2D eigenvalue weighted by Crippen LogP contribution is 2.35. The fraction of sp³-hybridized carbons (Fsp3) is 0.200. The molecule has 0 aromatic heterocycles. The molecular weight excluding hydrogens is 436 g/mol. The van der Waals surface area contributed by atoms with E-state index >= 15 is 0 Å². The van der Waals surface area contributed by atoms with Gasteiger partial charge in [-0.15, -0.1) is 0 Å². The Hall–Kier alpha value is -2.30. The number of hydrogen-bond acceptors (Lipinski definition) is 1. The summed E-state index contributed by atoms with van der Waals surface area (Å²) in [7, 11) is -0.678. The van der Waals surface area contributed by atoms with Gasteiger partial charge < -0.3 is 4.90 Å². The van der Waals surface area contributed by atoms with Crippen molar-refractivity contribution in [2.45, 2.75) is 6.92 Å². The molecule has 168 valence electrons. The van der Waals surface area contributed by atoms with Crippen molar-refractivity contribution < 1.29 is 0 Å². The van der Waals surface area contributed by atoms with Crippen LogP contribution in [0.5, 0.6) is 0 Å². The summed E-state index contributed by atoms with van der Waals surface area (Å²) in [5.74, 6) is 0. The van der Waals surface area contributed by atoms with Crippen molar-refractivity contribution in [1.29, 1.82) is 0 Å². The van der Waals surface area contributed by atoms with E-state index in [1.54, 1.807) is 0 Å². The van der Waals surface area contributed by atoms with E-state index in [9.17, 15) is 0 Å². The second kappa shape index (κ2) is 12.8. The predicted octanol–water partition coefficient (Wildman–Crippen LogP) is 5.57. The lowest BCUT2D eigenvalue weighted by molar-refractivity contribution is 0.325. The first-order valence-electron chi connectivity index (χ1n) is 11.8. The van der Waals surface area contributed by atoms with Gasteiger partial charge in [-0.1, -0.05) is 128 Å². The summed E-state index contributed by atoms with van der Waals surface area (Å²) in [4.78, 5) is 2.66. The fourth-order valence-electron chi connectivity index (χ4n) is 4.16. The van der Waals surface area contributed by atoms with Crippen molar-refractivity contribution in [2.75, 3.05) is 32.0 Å². The van der Waals surface area contributed by atoms with Crippen molar-refractivity contribution in [3.05, 3.63) is 121 Å². The maximum absolute atomic E-state index is 2.66. The number of hydrogen-bond donors (Lipinski definition) is 0. The molecule has 0 radical (unpaired) electrons. The minimum absolute atomic E-state index is 0.339. The summed E-state index contributed by atoms with van der Waals surface area (Å²) in [5.41, 5.74) is 0. The standard InChI is InChI=1S/C30H33NP2/c1-2-31(23-25-32(27-15-7-3-8-16-27)28-17-9-4-10-18-28)24-26-33(29-19-11-5-12-20-29)30-21-13-6-14-22-30/h3-22H,2,23-26H2,1H3. The van der Waals surface area contributed by atoms with Crippen LogP contribution in [0.25, 0.3) is 0 Å². The van der Waals surface area contributed by atoms with Crippen LogP contribution in [0, 0.1) is 0 Å². The normalized spacial score (nSPS) is 11.4. The highest BCUT2D eigenvalue weighted by Gasteiger charge is 2.17. The third kappa shape index (κ3) is 6.84. The Morgan fingerprint density at radius 3 is 0.970 bits per heavy atom. The molecule has 0 bridgehead atoms. The van der Waals surface area contributed by atoms with E-state index in [4.69, 9.17) is 0 Å². The predicted molar refractivity (Wildman–Crippen MR) is 150 cm³/mol. The Balaban J connectivity index is 1.45. The summed E-state index contributed by atoms with van der Waals surface area (Å²) in [6.07, 6.45) is 2.40. The third-order valence-corrected chi connectivity index (χ3v) is 11.0. The molecule has 0 aliphatic carbocycles. The van der Waals surface area contributed by atoms with Crippen molar-refractivity contribution in [3.8, 4) is 0 Å². The lowest BCUT2D eigenvalue weighted by atomic mass is 10.4. The van der Waals surface area contributed by atoms with E-state index < -0.39 is 0 Å². The van der Waals surface area contributed by atoms with Crippen molar-refractivity contribution in [3.63, 3.8) is 0 Å². The average molecular weight is 470 g/mol. The van der Waals surface area contributed by atoms with Gasteiger partial charge in [0.05, 0.1) is 0 Å². The maximum Gasteiger partial charge on any atom is 0.00267 e. The molecule has 4 rings (SSSR count). The Morgan fingerprint density at radius 1 is 0.455 bits per heavy atom. The molecule has 3 heteroatoms. The first kappa shape index (κ1) is 23.8. The average Bonchev–Trinajstić information content (AvgIpc) is 2.90. The number of rotatable bonds is 11. The summed E-state index contributed by atoms with van der Waals surface area (Å²) >= 11 is 0. The van der Waals surface area contributed by atoms with Gasteiger partial charge in [-0.25, -0.2) is 0 Å². The van der Waals surface area contributed by atoms with Gasteiger partial charge in [-0.05, 0) is 55.9 Å². The monoisotopic (exact) mass is 469 g/mol. The first-order chi connectivity index (χ1) is 16.3. The van der Waals surface area contributed by atoms with Crippen LogP contribution in [0.15, 0.2) is 121 Å².